The summed E-state index contributed by atoms with van der Waals surface area (Å²) in [6.45, 7) is -0.380. The van der Waals surface area contributed by atoms with E-state index in [1.54, 1.807) is 29.6 Å². The largest absolute Gasteiger partial charge is 0.291 e. The van der Waals surface area contributed by atoms with Crippen molar-refractivity contribution in [2.75, 3.05) is 6.54 Å². The van der Waals surface area contributed by atoms with E-state index in [2.05, 4.69) is 12.2 Å². The van der Waals surface area contributed by atoms with Crippen LogP contribution in [-0.4, -0.2) is 40.1 Å². The normalized spacial score (nSPS) is 31.5. The number of amides is 3. The van der Waals surface area contributed by atoms with E-state index >= 15 is 0 Å². The molecule has 2 aromatic rings. The summed E-state index contributed by atoms with van der Waals surface area (Å²) in [5.74, 6) is -1.53. The highest BCUT2D eigenvalue weighted by molar-refractivity contribution is 7.12. The van der Waals surface area contributed by atoms with Gasteiger partial charge in [0.25, 0.3) is 17.7 Å². The second-order valence-corrected chi connectivity index (χ2v) is 10.3. The minimum atomic E-state index is -0.572. The summed E-state index contributed by atoms with van der Waals surface area (Å²) in [7, 11) is 0. The monoisotopic (exact) mass is 466 g/mol. The summed E-state index contributed by atoms with van der Waals surface area (Å²) in [5, 5.41) is 4.24. The lowest BCUT2D eigenvalue weighted by Gasteiger charge is -2.37. The van der Waals surface area contributed by atoms with Gasteiger partial charge in [-0.1, -0.05) is 29.8 Å². The molecule has 5 aliphatic rings. The fourth-order valence-electron chi connectivity index (χ4n) is 5.81. The molecule has 162 valence electrons. The van der Waals surface area contributed by atoms with Crippen molar-refractivity contribution in [1.29, 1.82) is 0 Å². The van der Waals surface area contributed by atoms with Gasteiger partial charge in [-0.2, -0.15) is 5.01 Å². The Bertz CT molecular complexity index is 1140. The number of halogens is 1. The molecule has 3 fully saturated rings. The Morgan fingerprint density at radius 1 is 1.00 bits per heavy atom. The van der Waals surface area contributed by atoms with Gasteiger partial charge in [0.2, 0.25) is 0 Å². The molecular weight excluding hydrogens is 448 g/mol. The molecule has 8 heteroatoms. The van der Waals surface area contributed by atoms with Crippen LogP contribution in [0.1, 0.15) is 26.5 Å². The van der Waals surface area contributed by atoms with Crippen molar-refractivity contribution in [2.45, 2.75) is 6.42 Å². The van der Waals surface area contributed by atoms with Crippen LogP contribution in [0.2, 0.25) is 5.02 Å². The highest BCUT2D eigenvalue weighted by atomic mass is 35.5. The van der Waals surface area contributed by atoms with Crippen molar-refractivity contribution in [3.8, 4) is 0 Å². The number of hydrogen-bond donors (Lipinski definition) is 0. The molecule has 4 aliphatic carbocycles. The molecule has 0 radical (unpaired) electrons. The van der Waals surface area contributed by atoms with Gasteiger partial charge in [-0.3, -0.25) is 19.2 Å². The molecule has 6 atom stereocenters. The van der Waals surface area contributed by atoms with Crippen molar-refractivity contribution < 1.29 is 19.2 Å². The van der Waals surface area contributed by atoms with Gasteiger partial charge in [0, 0.05) is 10.6 Å². The van der Waals surface area contributed by atoms with Gasteiger partial charge < -0.3 is 0 Å². The number of hydrogen-bond acceptors (Lipinski definition) is 5. The molecule has 1 aromatic heterocycles. The number of imide groups is 1. The number of carbonyl (C=O) groups is 4. The lowest BCUT2D eigenvalue weighted by molar-refractivity contribution is -0.154. The van der Waals surface area contributed by atoms with Gasteiger partial charge in [0.1, 0.15) is 6.54 Å². The summed E-state index contributed by atoms with van der Waals surface area (Å²) in [6, 6.07) is 9.62. The zero-order valence-electron chi connectivity index (χ0n) is 16.9. The molecule has 7 rings (SSSR count). The van der Waals surface area contributed by atoms with E-state index in [4.69, 9.17) is 11.6 Å². The van der Waals surface area contributed by atoms with Crippen LogP contribution in [0.25, 0.3) is 0 Å². The summed E-state index contributed by atoms with van der Waals surface area (Å²) in [4.78, 5) is 54.0. The molecule has 2 heterocycles. The Labute approximate surface area is 193 Å². The van der Waals surface area contributed by atoms with Crippen molar-refractivity contribution in [3.05, 3.63) is 69.4 Å². The minimum absolute atomic E-state index is 0.0388. The predicted octanol–water partition coefficient (Wildman–Crippen LogP) is 3.69. The fraction of sp³-hybridized carbons (Fsp3) is 0.333. The Balaban J connectivity index is 1.37. The Kier molecular flexibility index (Phi) is 4.42. The van der Waals surface area contributed by atoms with Crippen LogP contribution in [0, 0.1) is 35.5 Å². The van der Waals surface area contributed by atoms with Gasteiger partial charge in [-0.05, 0) is 65.8 Å². The van der Waals surface area contributed by atoms with E-state index in [9.17, 15) is 19.2 Å². The first kappa shape index (κ1) is 19.9. The first-order valence-corrected chi connectivity index (χ1v) is 11.9. The molecular formula is C24H19ClN2O4S. The average molecular weight is 467 g/mol. The van der Waals surface area contributed by atoms with Crippen molar-refractivity contribution in [2.24, 2.45) is 35.5 Å². The van der Waals surface area contributed by atoms with E-state index in [1.165, 1.54) is 23.5 Å². The van der Waals surface area contributed by atoms with Crippen molar-refractivity contribution in [3.63, 3.8) is 0 Å². The Morgan fingerprint density at radius 2 is 1.62 bits per heavy atom. The maximum atomic E-state index is 13.6. The fourth-order valence-corrected chi connectivity index (χ4v) is 6.59. The molecule has 3 amide bonds. The van der Waals surface area contributed by atoms with Gasteiger partial charge in [0.15, 0.2) is 5.78 Å². The topological polar surface area (TPSA) is 74.8 Å². The summed E-state index contributed by atoms with van der Waals surface area (Å²) < 4.78 is 0. The molecule has 32 heavy (non-hydrogen) atoms. The van der Waals surface area contributed by atoms with Crippen LogP contribution in [0.5, 0.6) is 0 Å². The number of allylic oxidation sites excluding steroid dienone is 2. The molecule has 1 aromatic carbocycles. The molecule has 0 spiro atoms. The number of rotatable bonds is 5. The molecule has 6 nitrogen and oxygen atoms in total. The van der Waals surface area contributed by atoms with E-state index in [1.807, 2.05) is 0 Å². The lowest BCUT2D eigenvalue weighted by Crippen LogP contribution is -2.52. The summed E-state index contributed by atoms with van der Waals surface area (Å²) in [5.41, 5.74) is 0.257. The third-order valence-electron chi connectivity index (χ3n) is 7.30. The lowest BCUT2D eigenvalue weighted by atomic mass is 9.63. The quantitative estimate of drug-likeness (QED) is 0.382. The number of carbonyl (C=O) groups excluding carboxylic acids is 4. The van der Waals surface area contributed by atoms with Gasteiger partial charge in [-0.15, -0.1) is 11.3 Å². The molecule has 1 saturated heterocycles. The zero-order valence-corrected chi connectivity index (χ0v) is 18.5. The molecule has 2 saturated carbocycles. The van der Waals surface area contributed by atoms with Gasteiger partial charge in [-0.25, -0.2) is 5.01 Å². The zero-order chi connectivity index (χ0) is 22.1. The van der Waals surface area contributed by atoms with E-state index in [0.717, 1.165) is 16.4 Å². The minimum Gasteiger partial charge on any atom is -0.291 e. The van der Waals surface area contributed by atoms with Gasteiger partial charge >= 0.3 is 0 Å². The van der Waals surface area contributed by atoms with Crippen LogP contribution >= 0.6 is 22.9 Å². The third kappa shape index (κ3) is 2.84. The number of ketones is 1. The SMILES string of the molecule is O=C(CN(C(=O)c1ccc(Cl)cc1)N1C(=O)[C@@H]2[C@H]3C=C[C@@H]([C@@H]4C[C@@H]34)[C@H]2C1=O)c1cccs1. The van der Waals surface area contributed by atoms with Crippen LogP contribution in [0.3, 0.4) is 0 Å². The number of benzene rings is 1. The number of hydrazine groups is 1. The number of Topliss-reactive ketones (excluding diaryl/α,β-unsaturated/α-hetero) is 1. The van der Waals surface area contributed by atoms with E-state index in [0.29, 0.717) is 21.7 Å². The maximum absolute atomic E-state index is 13.6. The molecule has 2 bridgehead atoms. The molecule has 0 unspecified atom stereocenters. The first-order valence-electron chi connectivity index (χ1n) is 10.7. The van der Waals surface area contributed by atoms with Crippen LogP contribution in [-0.2, 0) is 9.59 Å². The van der Waals surface area contributed by atoms with Crippen molar-refractivity contribution >= 4 is 46.4 Å². The molecule has 1 aliphatic heterocycles. The smallest absolute Gasteiger partial charge is 0.273 e. The summed E-state index contributed by atoms with van der Waals surface area (Å²) >= 11 is 7.22. The second-order valence-electron chi connectivity index (χ2n) is 8.91. The second kappa shape index (κ2) is 7.12. The molecule has 0 N–H and O–H groups in total. The van der Waals surface area contributed by atoms with Gasteiger partial charge in [0.05, 0.1) is 16.7 Å². The van der Waals surface area contributed by atoms with E-state index < -0.39 is 17.7 Å². The van der Waals surface area contributed by atoms with Crippen LogP contribution in [0.15, 0.2) is 53.9 Å². The number of nitrogens with zero attached hydrogens (tertiary/aromatic N) is 2. The van der Waals surface area contributed by atoms with Crippen LogP contribution in [0.4, 0.5) is 0 Å². The summed E-state index contributed by atoms with van der Waals surface area (Å²) in [6.07, 6.45) is 5.22. The standard InChI is InChI=1S/C24H19ClN2O4S/c25-13-5-3-12(4-6-13)22(29)26(11-18(28)19-2-1-9-32-19)27-23(30)20-14-7-8-15(17-10-16(14)17)21(20)24(27)31/h1-9,14-17,20-21H,10-11H2/t14-,15-,16-,17-,20+,21+/m0/s1. The van der Waals surface area contributed by atoms with E-state index in [-0.39, 0.29) is 41.5 Å². The third-order valence-corrected chi connectivity index (χ3v) is 8.46. The highest BCUT2D eigenvalue weighted by Gasteiger charge is 2.68. The first-order chi connectivity index (χ1) is 15.5. The average Bonchev–Trinajstić information content (AvgIpc) is 3.36. The number of thiophene rings is 1. The predicted molar refractivity (Wildman–Crippen MR) is 118 cm³/mol. The maximum Gasteiger partial charge on any atom is 0.273 e. The highest BCUT2D eigenvalue weighted by Crippen LogP contribution is 2.65. The Morgan fingerprint density at radius 3 is 2.19 bits per heavy atom. The Hall–Kier alpha value is -2.77. The van der Waals surface area contributed by atoms with Crippen molar-refractivity contribution in [1.82, 2.24) is 10.0 Å². The van der Waals surface area contributed by atoms with Crippen LogP contribution < -0.4 is 0 Å².